The van der Waals surface area contributed by atoms with Crippen molar-refractivity contribution >= 4 is 39.8 Å². The molecule has 142 valence electrons. The zero-order valence-electron chi connectivity index (χ0n) is 15.1. The molecule has 4 aromatic rings. The number of hydrogen-bond acceptors (Lipinski definition) is 5. The average molecular weight is 401 g/mol. The van der Waals surface area contributed by atoms with Crippen molar-refractivity contribution in [2.45, 2.75) is 6.54 Å². The summed E-state index contributed by atoms with van der Waals surface area (Å²) in [4.78, 5) is 30.5. The summed E-state index contributed by atoms with van der Waals surface area (Å²) in [5.41, 5.74) is 0.772. The van der Waals surface area contributed by atoms with Gasteiger partial charge in [0.25, 0.3) is 0 Å². The van der Waals surface area contributed by atoms with Gasteiger partial charge >= 0.3 is 11.7 Å². The van der Waals surface area contributed by atoms with Gasteiger partial charge in [0, 0.05) is 10.3 Å². The predicted octanol–water partition coefficient (Wildman–Crippen LogP) is 4.02. The van der Waals surface area contributed by atoms with Crippen LogP contribution in [-0.4, -0.2) is 15.6 Å². The number of fused-ring (bicyclic) bond motifs is 1. The van der Waals surface area contributed by atoms with Crippen molar-refractivity contribution in [3.05, 3.63) is 87.0 Å². The fraction of sp³-hybridized carbons (Fsp3) is 0.0476. The van der Waals surface area contributed by atoms with Crippen LogP contribution in [0.25, 0.3) is 10.9 Å². The first-order chi connectivity index (χ1) is 14.2. The van der Waals surface area contributed by atoms with Gasteiger partial charge in [0.15, 0.2) is 0 Å². The summed E-state index contributed by atoms with van der Waals surface area (Å²) in [5, 5.41) is 17.2. The van der Waals surface area contributed by atoms with E-state index in [2.05, 4.69) is 15.6 Å². The summed E-state index contributed by atoms with van der Waals surface area (Å²) in [6.07, 6.45) is 0. The van der Waals surface area contributed by atoms with Gasteiger partial charge < -0.3 is 5.32 Å². The molecule has 7 nitrogen and oxygen atoms in total. The van der Waals surface area contributed by atoms with Crippen LogP contribution in [0.15, 0.2) is 70.8 Å². The molecule has 2 heterocycles. The fourth-order valence-electron chi connectivity index (χ4n) is 2.97. The minimum Gasteiger partial charge on any atom is -0.306 e. The van der Waals surface area contributed by atoms with E-state index in [-0.39, 0.29) is 0 Å². The lowest BCUT2D eigenvalue weighted by Crippen LogP contribution is -2.30. The highest BCUT2D eigenvalue weighted by molar-refractivity contribution is 7.09. The van der Waals surface area contributed by atoms with Gasteiger partial charge in [-0.3, -0.25) is 9.88 Å². The van der Waals surface area contributed by atoms with Gasteiger partial charge in [0.2, 0.25) is 0 Å². The van der Waals surface area contributed by atoms with Crippen LogP contribution < -0.4 is 16.3 Å². The molecule has 0 atom stereocenters. The van der Waals surface area contributed by atoms with E-state index >= 15 is 0 Å². The number of carbonyl (C=O) groups excluding carboxylic acids is 1. The maximum Gasteiger partial charge on any atom is 0.350 e. The molecule has 0 aliphatic heterocycles. The van der Waals surface area contributed by atoms with Gasteiger partial charge in [-0.1, -0.05) is 30.3 Å². The minimum absolute atomic E-state index is 0.290. The number of nitrogens with one attached hydrogen (secondary N) is 2. The van der Waals surface area contributed by atoms with E-state index in [0.29, 0.717) is 34.5 Å². The van der Waals surface area contributed by atoms with E-state index in [0.717, 1.165) is 4.88 Å². The van der Waals surface area contributed by atoms with Crippen molar-refractivity contribution in [2.75, 3.05) is 10.6 Å². The molecule has 0 bridgehead atoms. The van der Waals surface area contributed by atoms with Crippen molar-refractivity contribution in [3.63, 3.8) is 0 Å². The topological polar surface area (TPSA) is 99.8 Å². The van der Waals surface area contributed by atoms with E-state index in [1.807, 2.05) is 29.6 Å². The Balaban J connectivity index is 1.74. The Labute approximate surface area is 169 Å². The number of anilines is 2. The number of para-hydroxylation sites is 2. The van der Waals surface area contributed by atoms with Crippen LogP contribution in [-0.2, 0) is 6.54 Å². The second kappa shape index (κ2) is 7.96. The third-order valence-corrected chi connectivity index (χ3v) is 5.16. The first-order valence-electron chi connectivity index (χ1n) is 8.75. The van der Waals surface area contributed by atoms with Gasteiger partial charge in [0.05, 0.1) is 23.3 Å². The number of aromatic nitrogens is 2. The van der Waals surface area contributed by atoms with Crippen molar-refractivity contribution in [1.82, 2.24) is 9.55 Å². The Morgan fingerprint density at radius 3 is 2.66 bits per heavy atom. The molecule has 0 radical (unpaired) electrons. The van der Waals surface area contributed by atoms with E-state index in [1.54, 1.807) is 42.5 Å². The second-order valence-electron chi connectivity index (χ2n) is 6.16. The van der Waals surface area contributed by atoms with Crippen LogP contribution in [0.2, 0.25) is 0 Å². The van der Waals surface area contributed by atoms with E-state index in [4.69, 9.17) is 0 Å². The highest BCUT2D eigenvalue weighted by atomic mass is 32.1. The zero-order valence-corrected chi connectivity index (χ0v) is 15.9. The molecule has 2 aromatic heterocycles. The number of carbonyl (C=O) groups is 1. The van der Waals surface area contributed by atoms with E-state index < -0.39 is 11.7 Å². The first-order valence-corrected chi connectivity index (χ1v) is 9.63. The number of rotatable bonds is 4. The molecule has 8 heteroatoms. The average Bonchev–Trinajstić information content (AvgIpc) is 3.24. The standard InChI is InChI=1S/C21H15N5O2S/c22-12-14-6-1-3-9-17(14)23-20(27)25-19-16-8-2-4-10-18(16)24-21(28)26(19)13-15-7-5-11-29-15/h1-11H,13H2,(H2,23,25,27). The minimum atomic E-state index is -0.552. The van der Waals surface area contributed by atoms with Gasteiger partial charge in [-0.25, -0.2) is 9.59 Å². The Kier molecular flexibility index (Phi) is 5.05. The summed E-state index contributed by atoms with van der Waals surface area (Å²) >= 11 is 1.52. The highest BCUT2D eigenvalue weighted by Gasteiger charge is 2.15. The van der Waals surface area contributed by atoms with Gasteiger partial charge in [-0.2, -0.15) is 10.2 Å². The summed E-state index contributed by atoms with van der Waals surface area (Å²) in [7, 11) is 0. The summed E-state index contributed by atoms with van der Waals surface area (Å²) in [6, 6.07) is 19.1. The highest BCUT2D eigenvalue weighted by Crippen LogP contribution is 2.22. The maximum absolute atomic E-state index is 12.7. The summed E-state index contributed by atoms with van der Waals surface area (Å²) in [6.45, 7) is 0.290. The van der Waals surface area contributed by atoms with Crippen LogP contribution in [0, 0.1) is 11.3 Å². The Bertz CT molecular complexity index is 1290. The molecule has 29 heavy (non-hydrogen) atoms. The number of nitriles is 1. The van der Waals surface area contributed by atoms with Crippen LogP contribution in [0.1, 0.15) is 10.4 Å². The van der Waals surface area contributed by atoms with E-state index in [1.165, 1.54) is 15.9 Å². The van der Waals surface area contributed by atoms with Crippen LogP contribution >= 0.6 is 11.3 Å². The quantitative estimate of drug-likeness (QED) is 0.539. The molecule has 0 saturated carbocycles. The predicted molar refractivity (Wildman–Crippen MR) is 113 cm³/mol. The molecule has 2 amide bonds. The number of nitrogens with zero attached hydrogens (tertiary/aromatic N) is 3. The smallest absolute Gasteiger partial charge is 0.306 e. The molecule has 2 aromatic carbocycles. The second-order valence-corrected chi connectivity index (χ2v) is 7.19. The maximum atomic E-state index is 12.7. The number of benzene rings is 2. The molecule has 0 saturated heterocycles. The molecule has 0 spiro atoms. The largest absolute Gasteiger partial charge is 0.350 e. The van der Waals surface area contributed by atoms with Gasteiger partial charge in [-0.05, 0) is 35.7 Å². The fourth-order valence-corrected chi connectivity index (χ4v) is 3.66. The third-order valence-electron chi connectivity index (χ3n) is 4.30. The zero-order chi connectivity index (χ0) is 20.2. The number of hydrogen-bond donors (Lipinski definition) is 2. The summed E-state index contributed by atoms with van der Waals surface area (Å²) in [5.74, 6) is 0.348. The lowest BCUT2D eigenvalue weighted by Gasteiger charge is -2.16. The number of amides is 2. The van der Waals surface area contributed by atoms with Crippen LogP contribution in [0.3, 0.4) is 0 Å². The normalized spacial score (nSPS) is 10.4. The molecule has 0 unspecified atom stereocenters. The molecule has 2 N–H and O–H groups in total. The SMILES string of the molecule is N#Cc1ccccc1NC(=O)Nc1c2ccccc2nc(=O)n1Cc1cccs1. The van der Waals surface area contributed by atoms with Crippen LogP contribution in [0.5, 0.6) is 0 Å². The Morgan fingerprint density at radius 2 is 1.86 bits per heavy atom. The monoisotopic (exact) mass is 401 g/mol. The summed E-state index contributed by atoms with van der Waals surface area (Å²) < 4.78 is 1.43. The van der Waals surface area contributed by atoms with Crippen molar-refractivity contribution in [1.29, 1.82) is 5.26 Å². The number of urea groups is 1. The Morgan fingerprint density at radius 1 is 1.07 bits per heavy atom. The van der Waals surface area contributed by atoms with Crippen LogP contribution in [0.4, 0.5) is 16.3 Å². The Hall–Kier alpha value is -3.96. The van der Waals surface area contributed by atoms with Crippen molar-refractivity contribution in [3.8, 4) is 6.07 Å². The van der Waals surface area contributed by atoms with Gasteiger partial charge in [-0.15, -0.1) is 11.3 Å². The lowest BCUT2D eigenvalue weighted by molar-refractivity contribution is 0.262. The number of thiophene rings is 1. The first kappa shape index (κ1) is 18.4. The lowest BCUT2D eigenvalue weighted by atomic mass is 10.2. The van der Waals surface area contributed by atoms with Crippen molar-refractivity contribution in [2.24, 2.45) is 0 Å². The van der Waals surface area contributed by atoms with E-state index in [9.17, 15) is 14.9 Å². The third kappa shape index (κ3) is 3.85. The van der Waals surface area contributed by atoms with Crippen molar-refractivity contribution < 1.29 is 4.79 Å². The molecule has 0 aliphatic rings. The molecule has 4 rings (SSSR count). The molecule has 0 aliphatic carbocycles. The molecular formula is C21H15N5O2S. The van der Waals surface area contributed by atoms with Gasteiger partial charge in [0.1, 0.15) is 11.9 Å². The molecular weight excluding hydrogens is 386 g/mol. The molecule has 0 fully saturated rings.